The van der Waals surface area contributed by atoms with Crippen LogP contribution >= 0.6 is 0 Å². The van der Waals surface area contributed by atoms with Gasteiger partial charge in [-0.15, -0.1) is 0 Å². The number of carbonyl (C=O) groups excluding carboxylic acids is 1. The lowest BCUT2D eigenvalue weighted by Crippen LogP contribution is -2.30. The summed E-state index contributed by atoms with van der Waals surface area (Å²) < 4.78 is 31.5. The third kappa shape index (κ3) is 6.05. The Morgan fingerprint density at radius 2 is 1.63 bits per heavy atom. The Morgan fingerprint density at radius 1 is 1.00 bits per heavy atom. The molecule has 0 radical (unpaired) electrons. The number of benzene rings is 2. The standard InChI is InChI=1S/C21H25NO4S/c1-3-22(4-2)27(24,25)20-13-10-19(11-14-20)12-15-21(23)26-17-16-18-8-6-5-7-9-18/h5-15H,3-4,16-17H2,1-2H3/b15-12+. The van der Waals surface area contributed by atoms with Crippen molar-refractivity contribution in [1.82, 2.24) is 4.31 Å². The van der Waals surface area contributed by atoms with Crippen LogP contribution in [0.25, 0.3) is 6.08 Å². The van der Waals surface area contributed by atoms with Crippen LogP contribution in [0.2, 0.25) is 0 Å². The third-order valence-electron chi connectivity index (χ3n) is 4.11. The molecule has 0 aliphatic heterocycles. The zero-order valence-electron chi connectivity index (χ0n) is 15.7. The fourth-order valence-electron chi connectivity index (χ4n) is 2.59. The second kappa shape index (κ2) is 10.0. The van der Waals surface area contributed by atoms with Crippen LogP contribution in [0.3, 0.4) is 0 Å². The normalized spacial score (nSPS) is 11.8. The summed E-state index contributed by atoms with van der Waals surface area (Å²) in [6.45, 7) is 4.78. The quantitative estimate of drug-likeness (QED) is 0.488. The number of nitrogens with zero attached hydrogens (tertiary/aromatic N) is 1. The summed E-state index contributed by atoms with van der Waals surface area (Å²) in [6, 6.07) is 16.2. The minimum Gasteiger partial charge on any atom is -0.462 e. The molecule has 0 aliphatic rings. The molecule has 6 heteroatoms. The summed E-state index contributed by atoms with van der Waals surface area (Å²) in [5, 5.41) is 0. The lowest BCUT2D eigenvalue weighted by atomic mass is 10.2. The molecule has 0 saturated heterocycles. The largest absolute Gasteiger partial charge is 0.462 e. The molecule has 0 aromatic heterocycles. The number of rotatable bonds is 9. The average Bonchev–Trinajstić information content (AvgIpc) is 2.68. The maximum absolute atomic E-state index is 12.4. The van der Waals surface area contributed by atoms with Crippen molar-refractivity contribution in [1.29, 1.82) is 0 Å². The second-order valence-corrected chi connectivity index (χ2v) is 7.83. The van der Waals surface area contributed by atoms with E-state index in [1.165, 1.54) is 10.4 Å². The van der Waals surface area contributed by atoms with Crippen molar-refractivity contribution < 1.29 is 17.9 Å². The molecule has 144 valence electrons. The Hall–Kier alpha value is -2.44. The molecule has 5 nitrogen and oxygen atoms in total. The van der Waals surface area contributed by atoms with Crippen LogP contribution in [0.1, 0.15) is 25.0 Å². The van der Waals surface area contributed by atoms with Gasteiger partial charge >= 0.3 is 5.97 Å². The van der Waals surface area contributed by atoms with E-state index in [1.807, 2.05) is 44.2 Å². The van der Waals surface area contributed by atoms with Gasteiger partial charge in [-0.2, -0.15) is 4.31 Å². The molecule has 0 bridgehead atoms. The first-order valence-corrected chi connectivity index (χ1v) is 10.4. The molecule has 2 aromatic rings. The topological polar surface area (TPSA) is 63.7 Å². The highest BCUT2D eigenvalue weighted by Gasteiger charge is 2.20. The van der Waals surface area contributed by atoms with Crippen LogP contribution in [0.4, 0.5) is 0 Å². The van der Waals surface area contributed by atoms with Gasteiger partial charge in [0.25, 0.3) is 0 Å². The number of ether oxygens (including phenoxy) is 1. The van der Waals surface area contributed by atoms with Gasteiger partial charge in [-0.05, 0) is 29.3 Å². The molecule has 0 saturated carbocycles. The lowest BCUT2D eigenvalue weighted by molar-refractivity contribution is -0.137. The van der Waals surface area contributed by atoms with E-state index in [0.717, 1.165) is 11.1 Å². The van der Waals surface area contributed by atoms with Crippen LogP contribution < -0.4 is 0 Å². The van der Waals surface area contributed by atoms with Crippen molar-refractivity contribution in [2.24, 2.45) is 0 Å². The molecule has 0 fully saturated rings. The second-order valence-electron chi connectivity index (χ2n) is 5.89. The van der Waals surface area contributed by atoms with E-state index >= 15 is 0 Å². The van der Waals surface area contributed by atoms with Gasteiger partial charge in [-0.25, -0.2) is 13.2 Å². The Kier molecular flexibility index (Phi) is 7.76. The predicted octanol–water partition coefficient (Wildman–Crippen LogP) is 3.52. The number of carbonyl (C=O) groups is 1. The van der Waals surface area contributed by atoms with Crippen molar-refractivity contribution in [3.63, 3.8) is 0 Å². The zero-order chi connectivity index (χ0) is 19.7. The molecular weight excluding hydrogens is 362 g/mol. The van der Waals surface area contributed by atoms with Gasteiger partial charge in [0.15, 0.2) is 0 Å². The Morgan fingerprint density at radius 3 is 2.22 bits per heavy atom. The monoisotopic (exact) mass is 387 g/mol. The first-order chi connectivity index (χ1) is 13.0. The van der Waals surface area contributed by atoms with E-state index < -0.39 is 16.0 Å². The van der Waals surface area contributed by atoms with Crippen molar-refractivity contribution >= 4 is 22.1 Å². The van der Waals surface area contributed by atoms with Gasteiger partial charge in [-0.3, -0.25) is 0 Å². The number of sulfonamides is 1. The van der Waals surface area contributed by atoms with Gasteiger partial charge < -0.3 is 4.74 Å². The van der Waals surface area contributed by atoms with E-state index in [0.29, 0.717) is 26.1 Å². The molecule has 0 amide bonds. The van der Waals surface area contributed by atoms with Gasteiger partial charge in [0, 0.05) is 25.6 Å². The van der Waals surface area contributed by atoms with Crippen molar-refractivity contribution in [2.45, 2.75) is 25.2 Å². The maximum Gasteiger partial charge on any atom is 0.330 e. The van der Waals surface area contributed by atoms with Gasteiger partial charge in [0.05, 0.1) is 11.5 Å². The summed E-state index contributed by atoms with van der Waals surface area (Å²) in [6.07, 6.45) is 3.62. The lowest BCUT2D eigenvalue weighted by Gasteiger charge is -2.18. The Labute approximate surface area is 161 Å². The molecule has 0 N–H and O–H groups in total. The first-order valence-electron chi connectivity index (χ1n) is 8.96. The minimum absolute atomic E-state index is 0.244. The molecule has 0 aliphatic carbocycles. The van der Waals surface area contributed by atoms with Crippen LogP contribution in [-0.4, -0.2) is 38.4 Å². The third-order valence-corrected chi connectivity index (χ3v) is 6.18. The molecule has 0 spiro atoms. The number of esters is 1. The Balaban J connectivity index is 1.90. The molecule has 2 aromatic carbocycles. The average molecular weight is 388 g/mol. The van der Waals surface area contributed by atoms with Crippen molar-refractivity contribution in [3.05, 3.63) is 71.8 Å². The Bertz CT molecular complexity index is 855. The summed E-state index contributed by atoms with van der Waals surface area (Å²) in [5.74, 6) is -0.425. The predicted molar refractivity (Wildman–Crippen MR) is 107 cm³/mol. The van der Waals surface area contributed by atoms with E-state index in [9.17, 15) is 13.2 Å². The molecule has 0 heterocycles. The summed E-state index contributed by atoms with van der Waals surface area (Å²) in [5.41, 5.74) is 1.84. The summed E-state index contributed by atoms with van der Waals surface area (Å²) in [4.78, 5) is 12.0. The zero-order valence-corrected chi connectivity index (χ0v) is 16.5. The number of hydrogen-bond donors (Lipinski definition) is 0. The summed E-state index contributed by atoms with van der Waals surface area (Å²) >= 11 is 0. The first kappa shape index (κ1) is 20.9. The van der Waals surface area contributed by atoms with Gasteiger partial charge in [-0.1, -0.05) is 56.3 Å². The molecule has 2 rings (SSSR count). The maximum atomic E-state index is 12.4. The van der Waals surface area contributed by atoms with Crippen LogP contribution in [0.15, 0.2) is 65.6 Å². The smallest absolute Gasteiger partial charge is 0.330 e. The summed E-state index contributed by atoms with van der Waals surface area (Å²) in [7, 11) is -3.47. The van der Waals surface area contributed by atoms with Crippen molar-refractivity contribution in [2.75, 3.05) is 19.7 Å². The molecular formula is C21H25NO4S. The highest BCUT2D eigenvalue weighted by molar-refractivity contribution is 7.89. The number of hydrogen-bond acceptors (Lipinski definition) is 4. The van der Waals surface area contributed by atoms with Crippen molar-refractivity contribution in [3.8, 4) is 0 Å². The molecule has 0 atom stereocenters. The van der Waals surface area contributed by atoms with E-state index in [2.05, 4.69) is 0 Å². The van der Waals surface area contributed by atoms with Crippen LogP contribution in [0.5, 0.6) is 0 Å². The van der Waals surface area contributed by atoms with E-state index in [-0.39, 0.29) is 4.90 Å². The molecule has 27 heavy (non-hydrogen) atoms. The fraction of sp³-hybridized carbons (Fsp3) is 0.286. The highest BCUT2D eigenvalue weighted by Crippen LogP contribution is 2.16. The van der Waals surface area contributed by atoms with Crippen LogP contribution in [0, 0.1) is 0 Å². The fourth-order valence-corrected chi connectivity index (χ4v) is 4.05. The van der Waals surface area contributed by atoms with Crippen LogP contribution in [-0.2, 0) is 26.0 Å². The highest BCUT2D eigenvalue weighted by atomic mass is 32.2. The molecule has 0 unspecified atom stereocenters. The van der Waals surface area contributed by atoms with Gasteiger partial charge in [0.1, 0.15) is 0 Å². The van der Waals surface area contributed by atoms with E-state index in [4.69, 9.17) is 4.74 Å². The SMILES string of the molecule is CCN(CC)S(=O)(=O)c1ccc(/C=C/C(=O)OCCc2ccccc2)cc1. The minimum atomic E-state index is -3.47. The van der Waals surface area contributed by atoms with E-state index in [1.54, 1.807) is 30.3 Å². The van der Waals surface area contributed by atoms with Gasteiger partial charge in [0.2, 0.25) is 10.0 Å².